The molecule has 0 bridgehead atoms. The van der Waals surface area contributed by atoms with E-state index in [9.17, 15) is 14.3 Å². The van der Waals surface area contributed by atoms with Gasteiger partial charge in [0, 0.05) is 28.8 Å². The Kier molecular flexibility index (Phi) is 7.28. The van der Waals surface area contributed by atoms with Gasteiger partial charge in [0.1, 0.15) is 30.0 Å². The number of hydrogen-bond acceptors (Lipinski definition) is 6. The molecule has 208 valence electrons. The van der Waals surface area contributed by atoms with Crippen LogP contribution < -0.4 is 9.47 Å². The van der Waals surface area contributed by atoms with Gasteiger partial charge in [-0.05, 0) is 41.1 Å². The summed E-state index contributed by atoms with van der Waals surface area (Å²) in [6, 6.07) is 25.7. The number of esters is 1. The van der Waals surface area contributed by atoms with Gasteiger partial charge in [0.2, 0.25) is 5.88 Å². The number of carbonyl (C=O) groups is 1. The fraction of sp³-hybridized carbons (Fsp3) is 0.235. The largest absolute Gasteiger partial charge is 0.489 e. The highest BCUT2D eigenvalue weighted by atomic mass is 19.1. The van der Waals surface area contributed by atoms with Gasteiger partial charge in [-0.2, -0.15) is 0 Å². The molecule has 2 atom stereocenters. The van der Waals surface area contributed by atoms with E-state index in [1.807, 2.05) is 60.7 Å². The first-order valence-electron chi connectivity index (χ1n) is 13.8. The summed E-state index contributed by atoms with van der Waals surface area (Å²) in [5.41, 5.74) is 3.09. The maximum absolute atomic E-state index is 14.1. The first kappa shape index (κ1) is 26.7. The number of rotatable bonds is 7. The van der Waals surface area contributed by atoms with E-state index < -0.39 is 18.2 Å². The third-order valence-corrected chi connectivity index (χ3v) is 7.30. The molecule has 41 heavy (non-hydrogen) atoms. The average molecular weight is 552 g/mol. The first-order chi connectivity index (χ1) is 19.9. The van der Waals surface area contributed by atoms with Gasteiger partial charge in [0.25, 0.3) is 0 Å². The van der Waals surface area contributed by atoms with Crippen LogP contribution >= 0.6 is 0 Å². The summed E-state index contributed by atoms with van der Waals surface area (Å²) < 4.78 is 32.7. The predicted octanol–water partition coefficient (Wildman–Crippen LogP) is 7.56. The van der Waals surface area contributed by atoms with E-state index in [0.717, 1.165) is 27.2 Å². The van der Waals surface area contributed by atoms with E-state index in [0.29, 0.717) is 28.5 Å². The van der Waals surface area contributed by atoms with Crippen molar-refractivity contribution in [1.82, 2.24) is 4.98 Å². The number of aliphatic hydroxyl groups excluding tert-OH is 1. The Hall–Kier alpha value is -4.49. The van der Waals surface area contributed by atoms with Crippen molar-refractivity contribution in [1.29, 1.82) is 0 Å². The van der Waals surface area contributed by atoms with Crippen LogP contribution in [-0.2, 0) is 9.53 Å². The number of benzene rings is 4. The Bertz CT molecular complexity index is 1730. The molecule has 1 aliphatic rings. The van der Waals surface area contributed by atoms with Gasteiger partial charge in [-0.3, -0.25) is 4.79 Å². The van der Waals surface area contributed by atoms with E-state index in [4.69, 9.17) is 19.2 Å². The third-order valence-electron chi connectivity index (χ3n) is 7.30. The second-order valence-electron chi connectivity index (χ2n) is 10.6. The highest BCUT2D eigenvalue weighted by Gasteiger charge is 2.30. The maximum Gasteiger partial charge on any atom is 0.308 e. The smallest absolute Gasteiger partial charge is 0.308 e. The molecular weight excluding hydrogens is 521 g/mol. The molecular formula is C34H30FNO5. The molecule has 6 nitrogen and oxygen atoms in total. The summed E-state index contributed by atoms with van der Waals surface area (Å²) >= 11 is 0. The van der Waals surface area contributed by atoms with Crippen molar-refractivity contribution in [2.24, 2.45) is 0 Å². The molecule has 6 rings (SSSR count). The van der Waals surface area contributed by atoms with Gasteiger partial charge in [0.15, 0.2) is 0 Å². The van der Waals surface area contributed by atoms with Crippen LogP contribution in [0.2, 0.25) is 0 Å². The van der Waals surface area contributed by atoms with Crippen LogP contribution in [0.4, 0.5) is 4.39 Å². The summed E-state index contributed by atoms with van der Waals surface area (Å²) in [5, 5.41) is 13.0. The van der Waals surface area contributed by atoms with Gasteiger partial charge >= 0.3 is 5.97 Å². The number of pyridine rings is 1. The predicted molar refractivity (Wildman–Crippen MR) is 156 cm³/mol. The normalized spacial score (nSPS) is 17.1. The topological polar surface area (TPSA) is 77.9 Å². The molecule has 7 heteroatoms. The SMILES string of the molecule is CC(C)c1c(OC[C@@H]2C[C@@H](O)CC(=O)O2)c(-c2ccc(F)cc2)c(Oc2ccc3ccccc3n2)c2ccccc12. The lowest BCUT2D eigenvalue weighted by molar-refractivity contribution is -0.162. The summed E-state index contributed by atoms with van der Waals surface area (Å²) in [7, 11) is 0. The number of carbonyl (C=O) groups excluding carboxylic acids is 1. The molecule has 1 fully saturated rings. The molecule has 4 aromatic carbocycles. The van der Waals surface area contributed by atoms with E-state index in [-0.39, 0.29) is 31.2 Å². The van der Waals surface area contributed by atoms with Crippen molar-refractivity contribution in [3.05, 3.63) is 96.3 Å². The lowest BCUT2D eigenvalue weighted by atomic mass is 9.88. The zero-order chi connectivity index (χ0) is 28.5. The van der Waals surface area contributed by atoms with Crippen molar-refractivity contribution < 1.29 is 28.5 Å². The number of fused-ring (bicyclic) bond motifs is 2. The minimum Gasteiger partial charge on any atom is -0.489 e. The number of ether oxygens (including phenoxy) is 3. The molecule has 1 aromatic heterocycles. The second kappa shape index (κ2) is 11.2. The fourth-order valence-electron chi connectivity index (χ4n) is 5.47. The Morgan fingerprint density at radius 3 is 2.44 bits per heavy atom. The van der Waals surface area contributed by atoms with Crippen molar-refractivity contribution in [3.63, 3.8) is 0 Å². The molecule has 1 aliphatic heterocycles. The highest BCUT2D eigenvalue weighted by Crippen LogP contribution is 2.50. The Morgan fingerprint density at radius 2 is 1.68 bits per heavy atom. The number of cyclic esters (lactones) is 1. The van der Waals surface area contributed by atoms with Crippen molar-refractivity contribution >= 4 is 27.6 Å². The number of aliphatic hydroxyl groups is 1. The Morgan fingerprint density at radius 1 is 0.951 bits per heavy atom. The summed E-state index contributed by atoms with van der Waals surface area (Å²) in [6.45, 7) is 4.21. The third kappa shape index (κ3) is 5.45. The number of para-hydroxylation sites is 1. The van der Waals surface area contributed by atoms with E-state index in [1.54, 1.807) is 12.1 Å². The number of halogens is 1. The van der Waals surface area contributed by atoms with Gasteiger partial charge in [-0.25, -0.2) is 9.37 Å². The van der Waals surface area contributed by atoms with Crippen molar-refractivity contribution in [2.45, 2.75) is 44.8 Å². The van der Waals surface area contributed by atoms with E-state index >= 15 is 0 Å². The summed E-state index contributed by atoms with van der Waals surface area (Å²) in [4.78, 5) is 16.8. The van der Waals surface area contributed by atoms with Gasteiger partial charge in [-0.15, -0.1) is 0 Å². The lowest BCUT2D eigenvalue weighted by Crippen LogP contribution is -2.36. The molecule has 1 N–H and O–H groups in total. The van der Waals surface area contributed by atoms with Crippen LogP contribution in [0.5, 0.6) is 17.4 Å². The zero-order valence-electron chi connectivity index (χ0n) is 22.8. The molecule has 5 aromatic rings. The quantitative estimate of drug-likeness (QED) is 0.210. The van der Waals surface area contributed by atoms with Gasteiger partial charge in [-0.1, -0.05) is 68.4 Å². The molecule has 0 aliphatic carbocycles. The van der Waals surface area contributed by atoms with Crippen LogP contribution in [0, 0.1) is 5.82 Å². The molecule has 0 saturated carbocycles. The first-order valence-corrected chi connectivity index (χ1v) is 13.8. The van der Waals surface area contributed by atoms with Crippen molar-refractivity contribution in [2.75, 3.05) is 6.61 Å². The zero-order valence-corrected chi connectivity index (χ0v) is 22.8. The van der Waals surface area contributed by atoms with E-state index in [1.165, 1.54) is 12.1 Å². The summed E-state index contributed by atoms with van der Waals surface area (Å²) in [5.74, 6) is 0.714. The van der Waals surface area contributed by atoms with Crippen LogP contribution in [0.3, 0.4) is 0 Å². The minimum atomic E-state index is -0.777. The molecule has 1 saturated heterocycles. The van der Waals surface area contributed by atoms with Crippen molar-refractivity contribution in [3.8, 4) is 28.5 Å². The van der Waals surface area contributed by atoms with Crippen LogP contribution in [0.15, 0.2) is 84.9 Å². The minimum absolute atomic E-state index is 0.0265. The Balaban J connectivity index is 1.56. The standard InChI is InChI=1S/C34H30FNO5/c1-20(2)31-26-8-4-5-9-27(26)33(41-29-16-13-21-7-3-6-10-28(21)36-29)32(22-11-14-23(35)15-12-22)34(31)39-19-25-17-24(37)18-30(38)40-25/h3-16,20,24-25,37H,17-19H2,1-2H3/t24-,25+/m1/s1. The second-order valence-corrected chi connectivity index (χ2v) is 10.6. The number of aromatic nitrogens is 1. The monoisotopic (exact) mass is 551 g/mol. The number of nitrogens with zero attached hydrogens (tertiary/aromatic N) is 1. The van der Waals surface area contributed by atoms with Gasteiger partial charge < -0.3 is 19.3 Å². The molecule has 0 spiro atoms. The molecule has 0 amide bonds. The fourth-order valence-corrected chi connectivity index (χ4v) is 5.47. The summed E-state index contributed by atoms with van der Waals surface area (Å²) in [6.07, 6.45) is -1.13. The van der Waals surface area contributed by atoms with Gasteiger partial charge in [0.05, 0.1) is 23.6 Å². The van der Waals surface area contributed by atoms with Crippen LogP contribution in [0.1, 0.15) is 38.2 Å². The molecule has 0 unspecified atom stereocenters. The number of hydrogen-bond donors (Lipinski definition) is 1. The van der Waals surface area contributed by atoms with Crippen LogP contribution in [0.25, 0.3) is 32.8 Å². The molecule has 0 radical (unpaired) electrons. The Labute approximate surface area is 237 Å². The lowest BCUT2D eigenvalue weighted by Gasteiger charge is -2.28. The van der Waals surface area contributed by atoms with E-state index in [2.05, 4.69) is 13.8 Å². The molecule has 2 heterocycles. The average Bonchev–Trinajstić information content (AvgIpc) is 2.96. The maximum atomic E-state index is 14.1. The highest BCUT2D eigenvalue weighted by molar-refractivity contribution is 6.01. The van der Waals surface area contributed by atoms with Crippen LogP contribution in [-0.4, -0.2) is 34.9 Å².